The molecule has 0 saturated carbocycles. The van der Waals surface area contributed by atoms with Gasteiger partial charge in [-0.2, -0.15) is 0 Å². The van der Waals surface area contributed by atoms with Crippen molar-refractivity contribution in [1.82, 2.24) is 5.32 Å². The molecule has 0 radical (unpaired) electrons. The summed E-state index contributed by atoms with van der Waals surface area (Å²) in [5.74, 6) is 0.476. The van der Waals surface area contributed by atoms with E-state index in [2.05, 4.69) is 62.8 Å². The molecule has 0 bridgehead atoms. The fraction of sp³-hybridized carbons (Fsp3) is 0.240. The first-order chi connectivity index (χ1) is 13.5. The summed E-state index contributed by atoms with van der Waals surface area (Å²) in [4.78, 5) is 4.49. The van der Waals surface area contributed by atoms with E-state index in [0.29, 0.717) is 5.84 Å². The van der Waals surface area contributed by atoms with Crippen LogP contribution in [-0.4, -0.2) is 5.84 Å². The lowest BCUT2D eigenvalue weighted by Gasteiger charge is -2.15. The summed E-state index contributed by atoms with van der Waals surface area (Å²) >= 11 is 0. The number of aliphatic imine (C=N–C) groups is 1. The smallest absolute Gasteiger partial charge is 0.125 e. The molecule has 2 rings (SSSR count). The molecule has 28 heavy (non-hydrogen) atoms. The van der Waals surface area contributed by atoms with Gasteiger partial charge in [-0.05, 0) is 73.7 Å². The molecule has 0 amide bonds. The lowest BCUT2D eigenvalue weighted by Crippen LogP contribution is -2.16. The Hall–Kier alpha value is -3.07. The summed E-state index contributed by atoms with van der Waals surface area (Å²) in [6.07, 6.45) is 7.50. The Morgan fingerprint density at radius 1 is 1.11 bits per heavy atom. The van der Waals surface area contributed by atoms with Crippen molar-refractivity contribution in [2.45, 2.75) is 40.5 Å². The monoisotopic (exact) mass is 373 g/mol. The van der Waals surface area contributed by atoms with Crippen LogP contribution in [0.15, 0.2) is 78.0 Å². The third-order valence-corrected chi connectivity index (χ3v) is 4.62. The number of amidine groups is 1. The summed E-state index contributed by atoms with van der Waals surface area (Å²) in [6.45, 7) is 12.3. The maximum absolute atomic E-state index is 6.17. The molecule has 3 N–H and O–H groups in total. The molecule has 0 fully saturated rings. The molecule has 0 saturated heterocycles. The van der Waals surface area contributed by atoms with Crippen LogP contribution >= 0.6 is 0 Å². The minimum absolute atomic E-state index is 0.476. The molecular formula is C25H31N3. The van der Waals surface area contributed by atoms with Crippen LogP contribution in [0.1, 0.15) is 42.5 Å². The molecule has 0 aliphatic rings. The normalized spacial score (nSPS) is 12.8. The summed E-state index contributed by atoms with van der Waals surface area (Å²) in [5, 5.41) is 3.51. The summed E-state index contributed by atoms with van der Waals surface area (Å²) in [7, 11) is 0. The molecule has 3 heteroatoms. The van der Waals surface area contributed by atoms with Crippen molar-refractivity contribution >= 4 is 17.2 Å². The molecule has 0 spiro atoms. The van der Waals surface area contributed by atoms with E-state index in [0.717, 1.165) is 35.5 Å². The second kappa shape index (κ2) is 10.3. The van der Waals surface area contributed by atoms with E-state index in [4.69, 9.17) is 5.73 Å². The van der Waals surface area contributed by atoms with Crippen molar-refractivity contribution in [1.29, 1.82) is 0 Å². The predicted molar refractivity (Wildman–Crippen MR) is 123 cm³/mol. The minimum atomic E-state index is 0.476. The fourth-order valence-electron chi connectivity index (χ4n) is 2.93. The average molecular weight is 374 g/mol. The Morgan fingerprint density at radius 3 is 2.43 bits per heavy atom. The lowest BCUT2D eigenvalue weighted by molar-refractivity contribution is 0.959. The predicted octanol–water partition coefficient (Wildman–Crippen LogP) is 5.97. The Morgan fingerprint density at radius 2 is 1.82 bits per heavy atom. The van der Waals surface area contributed by atoms with E-state index < -0.39 is 0 Å². The van der Waals surface area contributed by atoms with Gasteiger partial charge in [0, 0.05) is 11.4 Å². The number of nitrogens with zero attached hydrogens (tertiary/aromatic N) is 1. The number of hydrogen-bond acceptors (Lipinski definition) is 2. The lowest BCUT2D eigenvalue weighted by atomic mass is 10.0. The van der Waals surface area contributed by atoms with Crippen LogP contribution in [0.25, 0.3) is 5.70 Å². The first-order valence-electron chi connectivity index (χ1n) is 9.77. The van der Waals surface area contributed by atoms with Crippen molar-refractivity contribution in [3.05, 3.63) is 95.2 Å². The van der Waals surface area contributed by atoms with Crippen molar-refractivity contribution < 1.29 is 0 Å². The first-order valence-corrected chi connectivity index (χ1v) is 9.77. The molecule has 0 unspecified atom stereocenters. The van der Waals surface area contributed by atoms with Crippen LogP contribution in [0.2, 0.25) is 0 Å². The second-order valence-electron chi connectivity index (χ2n) is 6.83. The zero-order chi connectivity index (χ0) is 20.5. The van der Waals surface area contributed by atoms with Gasteiger partial charge in [0.05, 0.1) is 5.69 Å². The molecule has 0 atom stereocenters. The average Bonchev–Trinajstić information content (AvgIpc) is 2.69. The molecule has 2 aromatic carbocycles. The van der Waals surface area contributed by atoms with Crippen molar-refractivity contribution in [3.63, 3.8) is 0 Å². The highest BCUT2D eigenvalue weighted by Gasteiger charge is 2.06. The summed E-state index contributed by atoms with van der Waals surface area (Å²) < 4.78 is 0. The van der Waals surface area contributed by atoms with E-state index in [-0.39, 0.29) is 0 Å². The maximum Gasteiger partial charge on any atom is 0.125 e. The van der Waals surface area contributed by atoms with Crippen LogP contribution in [0.4, 0.5) is 5.69 Å². The van der Waals surface area contributed by atoms with Gasteiger partial charge in [0.2, 0.25) is 0 Å². The Balaban J connectivity index is 2.28. The zero-order valence-corrected chi connectivity index (χ0v) is 17.4. The quantitative estimate of drug-likeness (QED) is 0.340. The number of allylic oxidation sites excluding steroid dienone is 3. The SMILES string of the molecule is C=C/C=C(\N/C(=C\C(N)=Nc1ccc(C)cc1)CC)c1ccc(C)c(CC)c1. The van der Waals surface area contributed by atoms with Gasteiger partial charge in [0.25, 0.3) is 0 Å². The molecule has 0 aromatic heterocycles. The number of nitrogens with one attached hydrogen (secondary N) is 1. The third-order valence-electron chi connectivity index (χ3n) is 4.62. The van der Waals surface area contributed by atoms with Gasteiger partial charge in [-0.3, -0.25) is 0 Å². The highest BCUT2D eigenvalue weighted by Crippen LogP contribution is 2.19. The molecular weight excluding hydrogens is 342 g/mol. The van der Waals surface area contributed by atoms with Gasteiger partial charge in [0.15, 0.2) is 0 Å². The standard InChI is InChI=1S/C25H31N3/c1-6-9-24(21-13-12-19(5)20(7-2)16-21)27-22(8-3)17-25(26)28-23-14-10-18(4)11-15-23/h6,9-17,27H,1,7-8H2,2-5H3,(H2,26,28)/b22-17-,24-9-. The van der Waals surface area contributed by atoms with Gasteiger partial charge in [-0.25, -0.2) is 4.99 Å². The van der Waals surface area contributed by atoms with Gasteiger partial charge >= 0.3 is 0 Å². The largest absolute Gasteiger partial charge is 0.384 e. The van der Waals surface area contributed by atoms with E-state index in [1.54, 1.807) is 6.08 Å². The molecule has 146 valence electrons. The van der Waals surface area contributed by atoms with Gasteiger partial charge < -0.3 is 11.1 Å². The molecule has 0 aliphatic carbocycles. The summed E-state index contributed by atoms with van der Waals surface area (Å²) in [5.41, 5.74) is 14.0. The highest BCUT2D eigenvalue weighted by atomic mass is 14.9. The van der Waals surface area contributed by atoms with Crippen molar-refractivity contribution in [3.8, 4) is 0 Å². The summed E-state index contributed by atoms with van der Waals surface area (Å²) in [6, 6.07) is 14.5. The maximum atomic E-state index is 6.17. The molecule has 0 aliphatic heterocycles. The van der Waals surface area contributed by atoms with E-state index in [9.17, 15) is 0 Å². The Labute approximate surface area is 169 Å². The van der Waals surface area contributed by atoms with Gasteiger partial charge in [0.1, 0.15) is 5.84 Å². The number of nitrogens with two attached hydrogens (primary N) is 1. The Bertz CT molecular complexity index is 900. The minimum Gasteiger partial charge on any atom is -0.384 e. The Kier molecular flexibility index (Phi) is 7.82. The topological polar surface area (TPSA) is 50.4 Å². The van der Waals surface area contributed by atoms with Crippen molar-refractivity contribution in [2.75, 3.05) is 0 Å². The first kappa shape index (κ1) is 21.2. The van der Waals surface area contributed by atoms with Crippen LogP contribution in [0.5, 0.6) is 0 Å². The zero-order valence-electron chi connectivity index (χ0n) is 17.4. The van der Waals surface area contributed by atoms with Crippen LogP contribution in [0.3, 0.4) is 0 Å². The third kappa shape index (κ3) is 5.98. The number of benzene rings is 2. The second-order valence-corrected chi connectivity index (χ2v) is 6.83. The van der Waals surface area contributed by atoms with Gasteiger partial charge in [-0.15, -0.1) is 0 Å². The molecule has 3 nitrogen and oxygen atoms in total. The van der Waals surface area contributed by atoms with Crippen molar-refractivity contribution in [2.24, 2.45) is 10.7 Å². The number of hydrogen-bond donors (Lipinski definition) is 2. The van der Waals surface area contributed by atoms with E-state index in [1.807, 2.05) is 36.4 Å². The highest BCUT2D eigenvalue weighted by molar-refractivity contribution is 5.94. The number of aryl methyl sites for hydroxylation is 3. The number of rotatable bonds is 8. The van der Waals surface area contributed by atoms with Crippen LogP contribution in [0, 0.1) is 13.8 Å². The van der Waals surface area contributed by atoms with E-state index >= 15 is 0 Å². The fourth-order valence-corrected chi connectivity index (χ4v) is 2.93. The van der Waals surface area contributed by atoms with Crippen LogP contribution < -0.4 is 11.1 Å². The van der Waals surface area contributed by atoms with Gasteiger partial charge in [-0.1, -0.05) is 56.3 Å². The van der Waals surface area contributed by atoms with E-state index in [1.165, 1.54) is 16.7 Å². The van der Waals surface area contributed by atoms with Crippen LogP contribution in [-0.2, 0) is 6.42 Å². The molecule has 0 heterocycles. The molecule has 2 aromatic rings.